The number of aromatic nitrogens is 6. The third-order valence-electron chi connectivity index (χ3n) is 7.63. The van der Waals surface area contributed by atoms with Crippen molar-refractivity contribution in [2.45, 2.75) is 26.9 Å². The van der Waals surface area contributed by atoms with Gasteiger partial charge in [-0.25, -0.2) is 39.0 Å². The van der Waals surface area contributed by atoms with E-state index >= 15 is 0 Å². The second kappa shape index (κ2) is 32.8. The molecule has 60 heavy (non-hydrogen) atoms. The Bertz CT molecular complexity index is 2010. The number of hydrogen-bond acceptors (Lipinski definition) is 8. The molecular weight excluding hydrogens is 1060 g/mol. The number of nitrogens with zero attached hydrogens (tertiary/aromatic N) is 6. The van der Waals surface area contributed by atoms with Gasteiger partial charge >= 0.3 is 46.1 Å². The van der Waals surface area contributed by atoms with E-state index in [2.05, 4.69) is 20.2 Å². The molecule has 4 aromatic carbocycles. The molecule has 0 amide bonds. The van der Waals surface area contributed by atoms with Crippen molar-refractivity contribution >= 4 is 11.9 Å². The third kappa shape index (κ3) is 18.8. The quantitative estimate of drug-likeness (QED) is 0.117. The molecule has 0 N–H and O–H groups in total. The van der Waals surface area contributed by atoms with Gasteiger partial charge in [0.15, 0.2) is 0 Å². The minimum absolute atomic E-state index is 0. The van der Waals surface area contributed by atoms with Crippen molar-refractivity contribution < 1.29 is 121 Å². The van der Waals surface area contributed by atoms with Gasteiger partial charge in [0.2, 0.25) is 0 Å². The maximum Gasteiger partial charge on any atom is 2.00 e. The van der Waals surface area contributed by atoms with Gasteiger partial charge in [-0.15, -0.1) is 23.8 Å². The molecule has 16 heteroatoms. The van der Waals surface area contributed by atoms with Gasteiger partial charge in [-0.2, -0.15) is 71.8 Å². The van der Waals surface area contributed by atoms with E-state index in [0.29, 0.717) is 37.7 Å². The molecule has 10 nitrogen and oxygen atoms in total. The maximum atomic E-state index is 12.1. The van der Waals surface area contributed by atoms with Gasteiger partial charge in [-0.05, 0) is 44.2 Å². The summed E-state index contributed by atoms with van der Waals surface area (Å²) in [7, 11) is 0. The van der Waals surface area contributed by atoms with Crippen LogP contribution < -0.4 is 34.0 Å². The molecule has 0 radical (unpaired) electrons. The molecule has 322 valence electrons. The largest absolute Gasteiger partial charge is 2.00 e. The van der Waals surface area contributed by atoms with Gasteiger partial charge in [0.25, 0.3) is 0 Å². The van der Waals surface area contributed by atoms with Gasteiger partial charge < -0.3 is 43.4 Å². The van der Waals surface area contributed by atoms with E-state index < -0.39 is 0 Å². The summed E-state index contributed by atoms with van der Waals surface area (Å²) < 4.78 is 13.5. The first-order chi connectivity index (χ1) is 26.6. The summed E-state index contributed by atoms with van der Waals surface area (Å²) >= 11 is 0. The third-order valence-corrected chi connectivity index (χ3v) is 7.63. The fourth-order valence-electron chi connectivity index (χ4n) is 5.12. The molecule has 0 bridgehead atoms. The van der Waals surface area contributed by atoms with Crippen molar-refractivity contribution in [2.75, 3.05) is 13.2 Å². The number of halogens is 2. The van der Waals surface area contributed by atoms with E-state index in [1.807, 2.05) is 146 Å². The van der Waals surface area contributed by atoms with E-state index in [4.69, 9.17) is 9.47 Å². The van der Waals surface area contributed by atoms with Gasteiger partial charge in [0.05, 0.1) is 37.7 Å². The number of ether oxygens (including phenoxy) is 2. The Hall–Kier alpha value is -3.93. The smallest absolute Gasteiger partial charge is 1.00 e. The van der Waals surface area contributed by atoms with Crippen LogP contribution in [0.15, 0.2) is 170 Å². The molecule has 0 saturated heterocycles. The Balaban J connectivity index is 0. The summed E-state index contributed by atoms with van der Waals surface area (Å²) in [6, 6.07) is 50.5. The van der Waals surface area contributed by atoms with Crippen LogP contribution >= 0.6 is 0 Å². The number of carbonyl (C=O) groups excluding carboxylic acids is 2. The molecule has 0 fully saturated rings. The molecule has 0 aliphatic rings. The number of esters is 2. The van der Waals surface area contributed by atoms with Crippen LogP contribution in [0.5, 0.6) is 0 Å². The second-order valence-corrected chi connectivity index (χ2v) is 11.5. The predicted octanol–water partition coefficient (Wildman–Crippen LogP) is 2.59. The van der Waals surface area contributed by atoms with E-state index in [1.54, 1.807) is 47.7 Å². The molecule has 4 heterocycles. The van der Waals surface area contributed by atoms with Crippen LogP contribution in [0.25, 0.3) is 22.5 Å². The predicted molar refractivity (Wildman–Crippen MR) is 209 cm³/mol. The molecule has 0 atom stereocenters. The molecule has 0 unspecified atom stereocenters. The first kappa shape index (κ1) is 58.2. The Morgan fingerprint density at radius 3 is 1.52 bits per heavy atom. The molecule has 0 aliphatic carbocycles. The van der Waals surface area contributed by atoms with Crippen molar-refractivity contribution in [3.05, 3.63) is 193 Å². The zero-order valence-electron chi connectivity index (χ0n) is 32.4. The van der Waals surface area contributed by atoms with E-state index in [0.717, 1.165) is 33.9 Å². The topological polar surface area (TPSA) is 114 Å². The summed E-state index contributed by atoms with van der Waals surface area (Å²) in [5.41, 5.74) is 6.01. The van der Waals surface area contributed by atoms with Crippen molar-refractivity contribution in [1.82, 2.24) is 29.5 Å². The molecule has 0 saturated carbocycles. The van der Waals surface area contributed by atoms with Crippen LogP contribution in [0, 0.1) is 0 Å². The standard InChI is InChI=1S/2C17H16N3O2.2C5H5.2BrH.3Fe.Ni/c2*1-2-22-17(21)16-11-15(13-7-3-4-8-13)19-20(16)12-14-9-5-6-10-18-14;2*1-2-4-5-3-1;;;;;;/h2*3-11H,2,12H2,1H3;2*1-5H;2*1H;;;;/q4*-1;;;;2*+2;/p-2. The second-order valence-electron chi connectivity index (χ2n) is 11.5. The van der Waals surface area contributed by atoms with Crippen molar-refractivity contribution in [3.8, 4) is 22.5 Å². The van der Waals surface area contributed by atoms with Crippen LogP contribution in [-0.4, -0.2) is 54.7 Å². The Labute approximate surface area is 414 Å². The maximum absolute atomic E-state index is 12.1. The normalized spacial score (nSPS) is 9.10. The molecule has 0 aliphatic heterocycles. The molecule has 8 rings (SSSR count). The Morgan fingerprint density at radius 1 is 0.633 bits per heavy atom. The summed E-state index contributed by atoms with van der Waals surface area (Å²) in [5, 5.41) is 9.05. The van der Waals surface area contributed by atoms with Gasteiger partial charge in [-0.1, -0.05) is 23.8 Å². The zero-order valence-corrected chi connectivity index (χ0v) is 39.9. The number of carbonyl (C=O) groups is 2. The van der Waals surface area contributed by atoms with Crippen molar-refractivity contribution in [1.29, 1.82) is 0 Å². The van der Waals surface area contributed by atoms with Crippen LogP contribution in [0.4, 0.5) is 0 Å². The summed E-state index contributed by atoms with van der Waals surface area (Å²) in [6.07, 6.45) is 3.45. The first-order valence-corrected chi connectivity index (χ1v) is 17.6. The fourth-order valence-corrected chi connectivity index (χ4v) is 5.12. The van der Waals surface area contributed by atoms with Crippen LogP contribution in [-0.2, 0) is 90.3 Å². The molecule has 8 aromatic rings. The van der Waals surface area contributed by atoms with Crippen LogP contribution in [0.3, 0.4) is 0 Å². The van der Waals surface area contributed by atoms with Crippen LogP contribution in [0.1, 0.15) is 46.2 Å². The van der Waals surface area contributed by atoms with E-state index in [9.17, 15) is 9.59 Å². The van der Waals surface area contributed by atoms with Gasteiger partial charge in [0, 0.05) is 57.3 Å². The molecule has 0 spiro atoms. The Morgan fingerprint density at radius 2 is 1.12 bits per heavy atom. The summed E-state index contributed by atoms with van der Waals surface area (Å²) in [4.78, 5) is 32.8. The molecular formula is C44H42Br2Fe3N6NiO4-2. The summed E-state index contributed by atoms with van der Waals surface area (Å²) in [6.45, 7) is 5.09. The fraction of sp³-hybridized carbons (Fsp3) is 0.136. The number of rotatable bonds is 10. The molecule has 4 aromatic heterocycles. The monoisotopic (exact) mass is 1100 g/mol. The average Bonchev–Trinajstić information content (AvgIpc) is 4.06. The number of pyridine rings is 2. The first-order valence-electron chi connectivity index (χ1n) is 17.6. The van der Waals surface area contributed by atoms with Gasteiger partial charge in [0.1, 0.15) is 11.4 Å². The minimum atomic E-state index is -0.372. The van der Waals surface area contributed by atoms with Gasteiger partial charge in [-0.3, -0.25) is 19.3 Å². The van der Waals surface area contributed by atoms with Crippen LogP contribution in [0.2, 0.25) is 0 Å². The summed E-state index contributed by atoms with van der Waals surface area (Å²) in [5.74, 6) is -0.743. The van der Waals surface area contributed by atoms with Crippen molar-refractivity contribution in [2.24, 2.45) is 0 Å². The van der Waals surface area contributed by atoms with Crippen molar-refractivity contribution in [3.63, 3.8) is 0 Å². The SMILES string of the molecule is CCOC(=O)c1cc(-[c-]2cccc2)nn1Cc1ccccn1.CCOC(=O)c1cc(-c2ccc[cH-]2)nn1Cc1ccccn1.[Br-].[Br-].[Fe+2].[Fe+2].[Fe].[Ni].c1cc[cH-]c1.c1cc[cH-]c1. The average molecular weight is 1100 g/mol. The Kier molecular flexibility index (Phi) is 31.8. The van der Waals surface area contributed by atoms with E-state index in [1.165, 1.54) is 0 Å². The number of hydrogen-bond donors (Lipinski definition) is 0. The van der Waals surface area contributed by atoms with E-state index in [-0.39, 0.29) is 114 Å². The zero-order chi connectivity index (χ0) is 37.8. The minimum Gasteiger partial charge on any atom is -1.00 e.